The summed E-state index contributed by atoms with van der Waals surface area (Å²) >= 11 is 0. The number of hydrogen-bond acceptors (Lipinski definition) is 4. The minimum absolute atomic E-state index is 0.288. The van der Waals surface area contributed by atoms with Crippen LogP contribution in [0.1, 0.15) is 12.0 Å². The number of likely N-dealkylation sites (tertiary alicyclic amines) is 1. The molecule has 1 aromatic carbocycles. The molecule has 1 aromatic heterocycles. The number of alkyl halides is 1. The Labute approximate surface area is 168 Å². The Morgan fingerprint density at radius 3 is 2.72 bits per heavy atom. The van der Waals surface area contributed by atoms with Gasteiger partial charge in [-0.1, -0.05) is 6.08 Å². The van der Waals surface area contributed by atoms with Crippen molar-refractivity contribution < 1.29 is 13.6 Å². The van der Waals surface area contributed by atoms with E-state index in [-0.39, 0.29) is 5.82 Å². The molecule has 1 atom stereocenters. The molecule has 0 aliphatic carbocycles. The molecule has 2 aliphatic rings. The number of benzene rings is 1. The van der Waals surface area contributed by atoms with Gasteiger partial charge in [-0.3, -0.25) is 4.79 Å². The Hall–Kier alpha value is -3.22. The van der Waals surface area contributed by atoms with Gasteiger partial charge >= 0.3 is 0 Å². The molecule has 29 heavy (non-hydrogen) atoms. The predicted octanol–water partition coefficient (Wildman–Crippen LogP) is 3.77. The smallest absolute Gasteiger partial charge is 0.181 e. The number of anilines is 1. The maximum Gasteiger partial charge on any atom is 0.181 e. The van der Waals surface area contributed by atoms with Crippen LogP contribution >= 0.6 is 0 Å². The molecule has 150 valence electrons. The van der Waals surface area contributed by atoms with Crippen molar-refractivity contribution in [2.45, 2.75) is 13.2 Å². The molecule has 0 bridgehead atoms. The third-order valence-electron chi connectivity index (χ3n) is 5.37. The van der Waals surface area contributed by atoms with Crippen LogP contribution in [-0.2, 0) is 11.6 Å². The summed E-state index contributed by atoms with van der Waals surface area (Å²) in [6, 6.07) is 8.12. The quantitative estimate of drug-likeness (QED) is 0.551. The number of aromatic nitrogens is 2. The summed E-state index contributed by atoms with van der Waals surface area (Å²) in [7, 11) is 0. The van der Waals surface area contributed by atoms with Crippen LogP contribution in [-0.4, -0.2) is 40.6 Å². The Kier molecular flexibility index (Phi) is 5.55. The van der Waals surface area contributed by atoms with E-state index in [2.05, 4.69) is 16.1 Å². The summed E-state index contributed by atoms with van der Waals surface area (Å²) in [5.41, 5.74) is 3.03. The summed E-state index contributed by atoms with van der Waals surface area (Å²) < 4.78 is 27.6. The van der Waals surface area contributed by atoms with Gasteiger partial charge in [-0.05, 0) is 54.0 Å². The standard InChI is InChI=1S/C22H22F2N4O/c23-16-27-12-9-22(25-27)28-15-18(19-8-11-26(14-19)10-1-13-29)4-7-21(28)17-2-5-20(24)6-3-17/h1-7,9-10,12-13,19H,8,11,14-16H2. The van der Waals surface area contributed by atoms with E-state index in [9.17, 15) is 13.6 Å². The van der Waals surface area contributed by atoms with E-state index in [1.54, 1.807) is 24.4 Å². The van der Waals surface area contributed by atoms with Gasteiger partial charge in [0, 0.05) is 44.0 Å². The number of hydrogen-bond donors (Lipinski definition) is 0. The molecular formula is C22H22F2N4O. The first kappa shape index (κ1) is 19.1. The molecule has 7 heteroatoms. The van der Waals surface area contributed by atoms with Crippen LogP contribution in [0, 0.1) is 11.7 Å². The summed E-state index contributed by atoms with van der Waals surface area (Å²) in [6.45, 7) is 1.69. The third-order valence-corrected chi connectivity index (χ3v) is 5.37. The average molecular weight is 396 g/mol. The maximum atomic E-state index is 13.4. The van der Waals surface area contributed by atoms with E-state index < -0.39 is 6.80 Å². The number of halogens is 2. The molecule has 1 saturated heterocycles. The molecule has 0 N–H and O–H groups in total. The van der Waals surface area contributed by atoms with Crippen molar-refractivity contribution in [1.82, 2.24) is 14.7 Å². The van der Waals surface area contributed by atoms with Crippen molar-refractivity contribution in [3.05, 3.63) is 77.9 Å². The first-order chi connectivity index (χ1) is 14.2. The highest BCUT2D eigenvalue weighted by atomic mass is 19.1. The van der Waals surface area contributed by atoms with E-state index in [1.807, 2.05) is 17.2 Å². The summed E-state index contributed by atoms with van der Waals surface area (Å²) in [5, 5.41) is 4.33. The lowest BCUT2D eigenvalue weighted by Crippen LogP contribution is -2.30. The van der Waals surface area contributed by atoms with E-state index >= 15 is 0 Å². The van der Waals surface area contributed by atoms with Gasteiger partial charge in [0.05, 0.1) is 5.70 Å². The van der Waals surface area contributed by atoms with Crippen LogP contribution < -0.4 is 4.90 Å². The first-order valence-corrected chi connectivity index (χ1v) is 9.57. The van der Waals surface area contributed by atoms with Crippen molar-refractivity contribution >= 4 is 17.8 Å². The van der Waals surface area contributed by atoms with E-state index in [4.69, 9.17) is 0 Å². The fourth-order valence-electron chi connectivity index (χ4n) is 3.88. The van der Waals surface area contributed by atoms with Crippen LogP contribution in [0.5, 0.6) is 0 Å². The van der Waals surface area contributed by atoms with Gasteiger partial charge in [0.15, 0.2) is 12.6 Å². The highest BCUT2D eigenvalue weighted by Gasteiger charge is 2.28. The second kappa shape index (κ2) is 8.43. The van der Waals surface area contributed by atoms with Crippen molar-refractivity contribution in [3.8, 4) is 0 Å². The van der Waals surface area contributed by atoms with Gasteiger partial charge in [-0.15, -0.1) is 0 Å². The molecule has 1 fully saturated rings. The normalized spacial score (nSPS) is 19.6. The molecule has 5 nitrogen and oxygen atoms in total. The number of aldehydes is 1. The molecule has 2 aliphatic heterocycles. The summed E-state index contributed by atoms with van der Waals surface area (Å²) in [4.78, 5) is 14.7. The minimum Gasteiger partial charge on any atom is -0.377 e. The van der Waals surface area contributed by atoms with Gasteiger partial charge in [0.25, 0.3) is 0 Å². The van der Waals surface area contributed by atoms with Crippen LogP contribution in [0.25, 0.3) is 5.70 Å². The van der Waals surface area contributed by atoms with Crippen LogP contribution in [0.4, 0.5) is 14.6 Å². The second-order valence-corrected chi connectivity index (χ2v) is 7.18. The molecule has 0 saturated carbocycles. The van der Waals surface area contributed by atoms with Gasteiger partial charge in [-0.25, -0.2) is 13.5 Å². The maximum absolute atomic E-state index is 13.4. The lowest BCUT2D eigenvalue weighted by atomic mass is 9.93. The van der Waals surface area contributed by atoms with E-state index in [0.29, 0.717) is 18.3 Å². The number of carbonyl (C=O) groups excluding carboxylic acids is 1. The van der Waals surface area contributed by atoms with Gasteiger partial charge in [0.1, 0.15) is 12.1 Å². The lowest BCUT2D eigenvalue weighted by molar-refractivity contribution is -0.104. The zero-order valence-electron chi connectivity index (χ0n) is 15.9. The number of allylic oxidation sites excluding steroid dienone is 3. The Morgan fingerprint density at radius 2 is 2.00 bits per heavy atom. The number of rotatable bonds is 6. The molecule has 3 heterocycles. The third kappa shape index (κ3) is 4.13. The van der Waals surface area contributed by atoms with E-state index in [0.717, 1.165) is 37.1 Å². The Balaban J connectivity index is 1.63. The highest BCUT2D eigenvalue weighted by Crippen LogP contribution is 2.34. The monoisotopic (exact) mass is 396 g/mol. The summed E-state index contributed by atoms with van der Waals surface area (Å²) in [5.74, 6) is 0.728. The molecule has 2 aromatic rings. The Morgan fingerprint density at radius 1 is 1.17 bits per heavy atom. The van der Waals surface area contributed by atoms with Gasteiger partial charge < -0.3 is 9.80 Å². The molecule has 0 spiro atoms. The second-order valence-electron chi connectivity index (χ2n) is 7.18. The van der Waals surface area contributed by atoms with E-state index in [1.165, 1.54) is 28.5 Å². The van der Waals surface area contributed by atoms with Crippen molar-refractivity contribution in [1.29, 1.82) is 0 Å². The lowest BCUT2D eigenvalue weighted by Gasteiger charge is -2.31. The molecular weight excluding hydrogens is 374 g/mol. The van der Waals surface area contributed by atoms with Crippen LogP contribution in [0.2, 0.25) is 0 Å². The molecule has 0 radical (unpaired) electrons. The molecule has 4 rings (SSSR count). The highest BCUT2D eigenvalue weighted by molar-refractivity contribution is 5.81. The fourth-order valence-corrected chi connectivity index (χ4v) is 3.88. The van der Waals surface area contributed by atoms with Crippen molar-refractivity contribution in [2.75, 3.05) is 24.5 Å². The number of nitrogens with zero attached hydrogens (tertiary/aromatic N) is 4. The zero-order chi connectivity index (χ0) is 20.2. The number of carbonyl (C=O) groups is 1. The molecule has 1 unspecified atom stereocenters. The van der Waals surface area contributed by atoms with Gasteiger partial charge in [0.2, 0.25) is 0 Å². The zero-order valence-corrected chi connectivity index (χ0v) is 15.9. The topological polar surface area (TPSA) is 41.4 Å². The minimum atomic E-state index is -0.688. The van der Waals surface area contributed by atoms with Crippen LogP contribution in [0.3, 0.4) is 0 Å². The van der Waals surface area contributed by atoms with Crippen molar-refractivity contribution in [2.24, 2.45) is 5.92 Å². The largest absolute Gasteiger partial charge is 0.377 e. The first-order valence-electron chi connectivity index (χ1n) is 9.57. The fraction of sp³-hybridized carbons (Fsp3) is 0.273. The molecule has 0 amide bonds. The van der Waals surface area contributed by atoms with Gasteiger partial charge in [-0.2, -0.15) is 5.10 Å². The Bertz CT molecular complexity index is 961. The van der Waals surface area contributed by atoms with Crippen LogP contribution in [0.15, 0.2) is 66.5 Å². The predicted molar refractivity (Wildman–Crippen MR) is 108 cm³/mol. The summed E-state index contributed by atoms with van der Waals surface area (Å²) in [6.07, 6.45) is 10.9. The SMILES string of the molecule is O=CC=CN1CCC(C2=CC=C(c3ccc(F)cc3)N(c3ccn(CF)n3)C2)C1. The average Bonchev–Trinajstić information content (AvgIpc) is 3.42. The van der Waals surface area contributed by atoms with Crippen molar-refractivity contribution in [3.63, 3.8) is 0 Å².